The number of nitrogens with one attached hydrogen (secondary N) is 2. The Balaban J connectivity index is 1.57. The zero-order valence-electron chi connectivity index (χ0n) is 24.1. The van der Waals surface area contributed by atoms with Crippen LogP contribution in [-0.4, -0.2) is 22.7 Å². The maximum Gasteiger partial charge on any atom is 0.267 e. The van der Waals surface area contributed by atoms with E-state index in [0.717, 1.165) is 24.0 Å². The topological polar surface area (TPSA) is 140 Å². The number of primary amides is 1. The predicted octanol–water partition coefficient (Wildman–Crippen LogP) is 5.05. The van der Waals surface area contributed by atoms with Crippen molar-refractivity contribution in [2.24, 2.45) is 17.5 Å². The van der Waals surface area contributed by atoms with E-state index in [-0.39, 0.29) is 34.8 Å². The van der Waals surface area contributed by atoms with Crippen LogP contribution in [0.1, 0.15) is 84.8 Å². The number of thiophene rings is 1. The molecule has 10 heteroatoms. The number of carbonyl (C=O) groups is 3. The molecule has 0 radical (unpaired) electrons. The Bertz CT molecular complexity index is 1680. The van der Waals surface area contributed by atoms with Crippen LogP contribution in [0.2, 0.25) is 0 Å². The lowest BCUT2D eigenvalue weighted by Crippen LogP contribution is -2.33. The van der Waals surface area contributed by atoms with E-state index in [4.69, 9.17) is 16.6 Å². The first kappa shape index (κ1) is 30.1. The Kier molecular flexibility index (Phi) is 8.98. The van der Waals surface area contributed by atoms with Crippen molar-refractivity contribution >= 4 is 29.1 Å². The van der Waals surface area contributed by atoms with E-state index in [1.54, 1.807) is 24.3 Å². The van der Waals surface area contributed by atoms with Crippen molar-refractivity contribution in [2.75, 3.05) is 0 Å². The van der Waals surface area contributed by atoms with Crippen molar-refractivity contribution in [3.05, 3.63) is 111 Å². The van der Waals surface area contributed by atoms with Crippen molar-refractivity contribution in [1.82, 2.24) is 15.7 Å². The van der Waals surface area contributed by atoms with Crippen LogP contribution in [0.25, 0.3) is 10.4 Å². The number of aryl methyl sites for hydroxylation is 3. The zero-order valence-corrected chi connectivity index (χ0v) is 24.9. The second kappa shape index (κ2) is 12.8. The summed E-state index contributed by atoms with van der Waals surface area (Å²) >= 11 is 1.17. The molecular formula is C33H34FN5O3S. The molecule has 4 aromatic rings. The third-order valence-corrected chi connectivity index (χ3v) is 8.73. The summed E-state index contributed by atoms with van der Waals surface area (Å²) in [6, 6.07) is 17.5. The summed E-state index contributed by atoms with van der Waals surface area (Å²) in [6.07, 6.45) is 2.95. The summed E-state index contributed by atoms with van der Waals surface area (Å²) in [6.45, 7) is 4.00. The third kappa shape index (κ3) is 6.50. The normalized spacial score (nSPS) is 14.0. The van der Waals surface area contributed by atoms with Crippen LogP contribution in [0.5, 0.6) is 0 Å². The minimum absolute atomic E-state index is 0.0920. The number of nitrogens with two attached hydrogens (primary N) is 2. The Morgan fingerprint density at radius 2 is 1.72 bits per heavy atom. The molecule has 8 nitrogen and oxygen atoms in total. The molecule has 0 saturated carbocycles. The second-order valence-corrected chi connectivity index (χ2v) is 12.2. The van der Waals surface area contributed by atoms with Gasteiger partial charge in [0.25, 0.3) is 17.7 Å². The predicted molar refractivity (Wildman–Crippen MR) is 165 cm³/mol. The molecule has 0 fully saturated rings. The zero-order chi connectivity index (χ0) is 30.7. The number of rotatable bonds is 10. The number of hydrazine groups is 1. The Morgan fingerprint density at radius 1 is 0.977 bits per heavy atom. The average molecular weight is 600 g/mol. The van der Waals surface area contributed by atoms with E-state index in [1.807, 2.05) is 32.0 Å². The van der Waals surface area contributed by atoms with Gasteiger partial charge < -0.3 is 11.1 Å². The number of hydrogen-bond acceptors (Lipinski definition) is 6. The molecule has 222 valence electrons. The van der Waals surface area contributed by atoms with Crippen molar-refractivity contribution in [2.45, 2.75) is 52.0 Å². The summed E-state index contributed by atoms with van der Waals surface area (Å²) in [4.78, 5) is 45.4. The first-order valence-electron chi connectivity index (χ1n) is 14.3. The smallest absolute Gasteiger partial charge is 0.267 e. The van der Waals surface area contributed by atoms with Gasteiger partial charge in [-0.2, -0.15) is 0 Å². The quantitative estimate of drug-likeness (QED) is 0.115. The number of nitrogen functional groups attached to an aromatic ring is 1. The molecule has 1 aliphatic rings. The van der Waals surface area contributed by atoms with E-state index in [1.165, 1.54) is 29.0 Å². The lowest BCUT2D eigenvalue weighted by atomic mass is 9.91. The molecule has 3 amide bonds. The molecule has 0 spiro atoms. The lowest BCUT2D eigenvalue weighted by Gasteiger charge is -2.20. The fourth-order valence-electron chi connectivity index (χ4n) is 5.68. The molecular weight excluding hydrogens is 565 g/mol. The summed E-state index contributed by atoms with van der Waals surface area (Å²) in [7, 11) is 0. The van der Waals surface area contributed by atoms with Gasteiger partial charge in [0.1, 0.15) is 5.82 Å². The third-order valence-electron chi connectivity index (χ3n) is 7.63. The first-order valence-corrected chi connectivity index (χ1v) is 15.1. The van der Waals surface area contributed by atoms with Gasteiger partial charge >= 0.3 is 0 Å². The summed E-state index contributed by atoms with van der Waals surface area (Å²) in [5, 5.41) is 3.13. The minimum Gasteiger partial charge on any atom is -0.366 e. The molecule has 2 aromatic carbocycles. The van der Waals surface area contributed by atoms with E-state index in [9.17, 15) is 18.8 Å². The largest absolute Gasteiger partial charge is 0.366 e. The van der Waals surface area contributed by atoms with Crippen LogP contribution in [0.4, 0.5) is 4.39 Å². The SMILES string of the molecule is CC(C)Cc1nc(CCc2ccc(F)cc2)c(C(=O)NN)c(-c2ccc(C(=O)N[C@@H]3CCc4ccccc43)s2)c1C(N)=O. The van der Waals surface area contributed by atoms with Crippen molar-refractivity contribution in [3.8, 4) is 10.4 Å². The monoisotopic (exact) mass is 599 g/mol. The average Bonchev–Trinajstić information content (AvgIpc) is 3.63. The number of hydrogen-bond donors (Lipinski definition) is 4. The number of amides is 3. The Morgan fingerprint density at radius 3 is 2.42 bits per heavy atom. The molecule has 43 heavy (non-hydrogen) atoms. The van der Waals surface area contributed by atoms with Gasteiger partial charge in [0.05, 0.1) is 33.4 Å². The highest BCUT2D eigenvalue weighted by Crippen LogP contribution is 2.38. The number of fused-ring (bicyclic) bond motifs is 1. The van der Waals surface area contributed by atoms with Crippen LogP contribution in [-0.2, 0) is 25.7 Å². The van der Waals surface area contributed by atoms with Crippen LogP contribution >= 0.6 is 11.3 Å². The van der Waals surface area contributed by atoms with Gasteiger partial charge in [0.2, 0.25) is 0 Å². The molecule has 2 aromatic heterocycles. The fourth-order valence-corrected chi connectivity index (χ4v) is 6.64. The molecule has 1 aliphatic carbocycles. The van der Waals surface area contributed by atoms with Gasteiger partial charge in [0, 0.05) is 10.4 Å². The van der Waals surface area contributed by atoms with Gasteiger partial charge in [-0.1, -0.05) is 50.2 Å². The summed E-state index contributed by atoms with van der Waals surface area (Å²) in [5.41, 5.74) is 12.8. The Hall–Kier alpha value is -4.41. The lowest BCUT2D eigenvalue weighted by molar-refractivity contribution is 0.0936. The molecule has 6 N–H and O–H groups in total. The van der Waals surface area contributed by atoms with Gasteiger partial charge in [-0.05, 0) is 79.0 Å². The number of carbonyl (C=O) groups excluding carboxylic acids is 3. The number of halogens is 1. The standard InChI is InChI=1S/C33H34FN5O3S/c1-18(2)17-25-28(31(35)40)30(29(33(42)39-36)24(37-25)13-9-19-7-11-21(34)12-8-19)26-15-16-27(43-26)32(41)38-23-14-10-20-5-3-4-6-22(20)23/h3-8,11-12,15-16,18,23H,9-10,13-14,17,36H2,1-2H3,(H2,35,40)(H,38,41)(H,39,42)/t23-/m1/s1. The van der Waals surface area contributed by atoms with Crippen molar-refractivity contribution in [1.29, 1.82) is 0 Å². The highest BCUT2D eigenvalue weighted by atomic mass is 32.1. The highest BCUT2D eigenvalue weighted by Gasteiger charge is 2.30. The molecule has 0 unspecified atom stereocenters. The maximum atomic E-state index is 13.5. The molecule has 0 saturated heterocycles. The number of aromatic nitrogens is 1. The number of pyridine rings is 1. The molecule has 0 bridgehead atoms. The summed E-state index contributed by atoms with van der Waals surface area (Å²) < 4.78 is 13.5. The molecule has 1 atom stereocenters. The van der Waals surface area contributed by atoms with Gasteiger partial charge in [-0.3, -0.25) is 24.8 Å². The molecule has 0 aliphatic heterocycles. The molecule has 2 heterocycles. The van der Waals surface area contributed by atoms with E-state index in [0.29, 0.717) is 46.0 Å². The Labute approximate surface area is 253 Å². The van der Waals surface area contributed by atoms with Crippen LogP contribution < -0.4 is 22.3 Å². The first-order chi connectivity index (χ1) is 20.7. The van der Waals surface area contributed by atoms with E-state index >= 15 is 0 Å². The van der Waals surface area contributed by atoms with E-state index < -0.39 is 11.8 Å². The molecule has 5 rings (SSSR count). The van der Waals surface area contributed by atoms with Crippen LogP contribution in [0, 0.1) is 11.7 Å². The van der Waals surface area contributed by atoms with Crippen molar-refractivity contribution < 1.29 is 18.8 Å². The van der Waals surface area contributed by atoms with Gasteiger partial charge in [0.15, 0.2) is 0 Å². The van der Waals surface area contributed by atoms with Crippen LogP contribution in [0.3, 0.4) is 0 Å². The second-order valence-electron chi connectivity index (χ2n) is 11.1. The number of nitrogens with zero attached hydrogens (tertiary/aromatic N) is 1. The van der Waals surface area contributed by atoms with Gasteiger partial charge in [-0.25, -0.2) is 10.2 Å². The maximum absolute atomic E-state index is 13.5. The van der Waals surface area contributed by atoms with Crippen LogP contribution in [0.15, 0.2) is 60.7 Å². The fraction of sp³-hybridized carbons (Fsp3) is 0.273. The van der Waals surface area contributed by atoms with Crippen molar-refractivity contribution in [3.63, 3.8) is 0 Å². The number of benzene rings is 2. The summed E-state index contributed by atoms with van der Waals surface area (Å²) in [5.74, 6) is 3.83. The highest BCUT2D eigenvalue weighted by molar-refractivity contribution is 7.17. The van der Waals surface area contributed by atoms with Gasteiger partial charge in [-0.15, -0.1) is 11.3 Å². The minimum atomic E-state index is -0.726. The van der Waals surface area contributed by atoms with E-state index in [2.05, 4.69) is 16.8 Å².